The number of alkyl halides is 11. The fraction of sp³-hybridized carbons (Fsp3) is 1.00. The molecule has 0 radical (unpaired) electrons. The lowest BCUT2D eigenvalue weighted by Gasteiger charge is -2.55. The number of halogens is 11. The smallest absolute Gasteiger partial charge is 0.198 e. The van der Waals surface area contributed by atoms with Gasteiger partial charge in [-0.05, 0) is 5.92 Å². The van der Waals surface area contributed by atoms with Crippen LogP contribution in [0, 0.1) is 5.92 Å². The second kappa shape index (κ2) is 3.95. The third-order valence-electron chi connectivity index (χ3n) is 3.29. The van der Waals surface area contributed by atoms with Crippen LogP contribution in [0.3, 0.4) is 0 Å². The van der Waals surface area contributed by atoms with Crippen molar-refractivity contribution in [2.75, 3.05) is 0 Å². The summed E-state index contributed by atoms with van der Waals surface area (Å²) in [6.07, 6.45) is 0. The van der Waals surface area contributed by atoms with Crippen LogP contribution in [0.1, 0.15) is 13.8 Å². The Bertz CT molecular complexity index is 383. The van der Waals surface area contributed by atoms with Gasteiger partial charge in [0, 0.05) is 0 Å². The standard InChI is InChI=1S/C9H7BrF10/c1-3(2)4(10)5(11,12)7(15,16)9(19,20)8(17,18)6(4,13)14/h3H,1-2H3. The zero-order valence-electron chi connectivity index (χ0n) is 9.73. The molecule has 11 heteroatoms. The van der Waals surface area contributed by atoms with E-state index in [1.807, 2.05) is 0 Å². The first-order valence-corrected chi connectivity index (χ1v) is 5.82. The first-order chi connectivity index (χ1) is 8.44. The van der Waals surface area contributed by atoms with Gasteiger partial charge in [-0.25, -0.2) is 0 Å². The van der Waals surface area contributed by atoms with Gasteiger partial charge in [-0.1, -0.05) is 29.8 Å². The van der Waals surface area contributed by atoms with Crippen LogP contribution in [0.2, 0.25) is 0 Å². The molecule has 0 aromatic rings. The molecule has 1 aliphatic carbocycles. The maximum Gasteiger partial charge on any atom is 0.384 e. The van der Waals surface area contributed by atoms with Crippen molar-refractivity contribution in [3.8, 4) is 0 Å². The van der Waals surface area contributed by atoms with E-state index in [9.17, 15) is 43.9 Å². The van der Waals surface area contributed by atoms with Crippen LogP contribution in [0.15, 0.2) is 0 Å². The topological polar surface area (TPSA) is 0 Å². The molecule has 0 aliphatic heterocycles. The molecule has 0 aromatic heterocycles. The summed E-state index contributed by atoms with van der Waals surface area (Å²) in [4.78, 5) is 0. The van der Waals surface area contributed by atoms with E-state index in [0.717, 1.165) is 0 Å². The van der Waals surface area contributed by atoms with Crippen molar-refractivity contribution in [3.05, 3.63) is 0 Å². The lowest BCUT2D eigenvalue weighted by molar-refractivity contribution is -0.457. The molecule has 0 amide bonds. The van der Waals surface area contributed by atoms with Crippen LogP contribution in [0.25, 0.3) is 0 Å². The molecule has 0 nitrogen and oxygen atoms in total. The molecule has 0 heterocycles. The Morgan fingerprint density at radius 3 is 0.950 bits per heavy atom. The maximum absolute atomic E-state index is 13.5. The summed E-state index contributed by atoms with van der Waals surface area (Å²) in [6.45, 7) is 1.01. The average molecular weight is 385 g/mol. The molecule has 0 unspecified atom stereocenters. The second-order valence-corrected chi connectivity index (χ2v) is 5.99. The van der Waals surface area contributed by atoms with E-state index in [2.05, 4.69) is 0 Å². The van der Waals surface area contributed by atoms with Gasteiger partial charge in [0.1, 0.15) is 0 Å². The molecule has 0 bridgehead atoms. The van der Waals surface area contributed by atoms with E-state index < -0.39 is 39.9 Å². The van der Waals surface area contributed by atoms with E-state index in [-0.39, 0.29) is 0 Å². The highest BCUT2D eigenvalue weighted by Crippen LogP contribution is 2.72. The molecule has 0 saturated heterocycles. The number of hydrogen-bond donors (Lipinski definition) is 0. The minimum atomic E-state index is -6.92. The largest absolute Gasteiger partial charge is 0.384 e. The van der Waals surface area contributed by atoms with Gasteiger partial charge in [0.2, 0.25) is 0 Å². The van der Waals surface area contributed by atoms with Crippen LogP contribution in [0.5, 0.6) is 0 Å². The minimum Gasteiger partial charge on any atom is -0.198 e. The van der Waals surface area contributed by atoms with Crippen molar-refractivity contribution in [1.29, 1.82) is 0 Å². The molecule has 1 rings (SSSR count). The van der Waals surface area contributed by atoms with Crippen LogP contribution < -0.4 is 0 Å². The van der Waals surface area contributed by atoms with Gasteiger partial charge in [0.05, 0.1) is 0 Å². The first-order valence-electron chi connectivity index (χ1n) is 5.02. The Balaban J connectivity index is 3.83. The monoisotopic (exact) mass is 384 g/mol. The van der Waals surface area contributed by atoms with E-state index in [1.54, 1.807) is 0 Å². The van der Waals surface area contributed by atoms with Gasteiger partial charge < -0.3 is 0 Å². The van der Waals surface area contributed by atoms with Crippen LogP contribution in [-0.4, -0.2) is 33.9 Å². The first kappa shape index (κ1) is 17.8. The van der Waals surface area contributed by atoms with Crippen molar-refractivity contribution < 1.29 is 43.9 Å². The van der Waals surface area contributed by atoms with Crippen LogP contribution in [-0.2, 0) is 0 Å². The highest BCUT2D eigenvalue weighted by Gasteiger charge is 2.99. The van der Waals surface area contributed by atoms with Crippen molar-refractivity contribution in [3.63, 3.8) is 0 Å². The van der Waals surface area contributed by atoms with Gasteiger partial charge in [-0.3, -0.25) is 0 Å². The predicted molar refractivity (Wildman–Crippen MR) is 51.2 cm³/mol. The third kappa shape index (κ3) is 1.40. The normalized spacial score (nSPS) is 32.1. The fourth-order valence-electron chi connectivity index (χ4n) is 1.97. The molecule has 0 aromatic carbocycles. The maximum atomic E-state index is 13.5. The van der Waals surface area contributed by atoms with Crippen LogP contribution >= 0.6 is 15.9 Å². The lowest BCUT2D eigenvalue weighted by Crippen LogP contribution is -2.84. The summed E-state index contributed by atoms with van der Waals surface area (Å²) in [5, 5.41) is 0. The van der Waals surface area contributed by atoms with Crippen LogP contribution in [0.4, 0.5) is 43.9 Å². The molecule has 120 valence electrons. The second-order valence-electron chi connectivity index (χ2n) is 4.74. The van der Waals surface area contributed by atoms with Crippen molar-refractivity contribution in [2.45, 2.75) is 47.8 Å². The molecular formula is C9H7BrF10. The highest BCUT2D eigenvalue weighted by atomic mass is 79.9. The molecule has 1 saturated carbocycles. The predicted octanol–water partition coefficient (Wildman–Crippen LogP) is 4.97. The zero-order chi connectivity index (χ0) is 16.6. The molecule has 20 heavy (non-hydrogen) atoms. The Kier molecular flexibility index (Phi) is 3.52. The summed E-state index contributed by atoms with van der Waals surface area (Å²) < 4.78 is 128. The number of hydrogen-bond acceptors (Lipinski definition) is 0. The molecule has 0 N–H and O–H groups in total. The molecule has 1 fully saturated rings. The van der Waals surface area contributed by atoms with Gasteiger partial charge in [-0.15, -0.1) is 0 Å². The Morgan fingerprint density at radius 1 is 0.550 bits per heavy atom. The third-order valence-corrected chi connectivity index (χ3v) is 5.20. The molecule has 0 atom stereocenters. The van der Waals surface area contributed by atoms with E-state index in [1.165, 1.54) is 15.9 Å². The SMILES string of the molecule is CC(C)C1(Br)C(F)(F)C(F)(F)C(F)(F)C(F)(F)C1(F)F. The summed E-state index contributed by atoms with van der Waals surface area (Å²) in [5.41, 5.74) is 0. The van der Waals surface area contributed by atoms with Crippen molar-refractivity contribution in [1.82, 2.24) is 0 Å². The Morgan fingerprint density at radius 2 is 0.750 bits per heavy atom. The fourth-order valence-corrected chi connectivity index (χ4v) is 2.47. The van der Waals surface area contributed by atoms with Gasteiger partial charge >= 0.3 is 29.6 Å². The molecule has 1 aliphatic rings. The Labute approximate surface area is 114 Å². The summed E-state index contributed by atoms with van der Waals surface area (Å²) in [5.74, 6) is -34.7. The minimum absolute atomic E-state index is 0.506. The van der Waals surface area contributed by atoms with Gasteiger partial charge in [0.25, 0.3) is 0 Å². The van der Waals surface area contributed by atoms with Crippen molar-refractivity contribution in [2.24, 2.45) is 5.92 Å². The van der Waals surface area contributed by atoms with Gasteiger partial charge in [-0.2, -0.15) is 43.9 Å². The molecule has 0 spiro atoms. The quantitative estimate of drug-likeness (QED) is 0.442. The summed E-state index contributed by atoms with van der Waals surface area (Å²) in [6, 6.07) is 0. The van der Waals surface area contributed by atoms with E-state index in [0.29, 0.717) is 13.8 Å². The van der Waals surface area contributed by atoms with E-state index in [4.69, 9.17) is 0 Å². The number of rotatable bonds is 1. The van der Waals surface area contributed by atoms with E-state index >= 15 is 0 Å². The highest BCUT2D eigenvalue weighted by molar-refractivity contribution is 9.10. The summed E-state index contributed by atoms with van der Waals surface area (Å²) in [7, 11) is 0. The zero-order valence-corrected chi connectivity index (χ0v) is 11.3. The van der Waals surface area contributed by atoms with Gasteiger partial charge in [0.15, 0.2) is 4.32 Å². The Hall–Kier alpha value is -0.220. The summed E-state index contributed by atoms with van der Waals surface area (Å²) >= 11 is 1.51. The molecular weight excluding hydrogens is 378 g/mol. The average Bonchev–Trinajstić information content (AvgIpc) is 2.24. The van der Waals surface area contributed by atoms with Crippen molar-refractivity contribution >= 4 is 15.9 Å². The lowest BCUT2D eigenvalue weighted by atomic mass is 9.69.